The van der Waals surface area contributed by atoms with E-state index in [1.165, 1.54) is 0 Å². The summed E-state index contributed by atoms with van der Waals surface area (Å²) in [6.07, 6.45) is 3.15. The van der Waals surface area contributed by atoms with E-state index in [9.17, 15) is 14.4 Å². The molecule has 0 bridgehead atoms. The summed E-state index contributed by atoms with van der Waals surface area (Å²) < 4.78 is 0. The number of rotatable bonds is 3. The molecule has 0 saturated carbocycles. The van der Waals surface area contributed by atoms with Crippen LogP contribution in [0.4, 0.5) is 5.69 Å². The van der Waals surface area contributed by atoms with Crippen LogP contribution in [-0.2, 0) is 16.0 Å². The molecule has 1 aromatic carbocycles. The van der Waals surface area contributed by atoms with Crippen molar-refractivity contribution in [3.8, 4) is 0 Å². The van der Waals surface area contributed by atoms with Gasteiger partial charge in [-0.15, -0.1) is 0 Å². The Morgan fingerprint density at radius 2 is 1.95 bits per heavy atom. The van der Waals surface area contributed by atoms with Crippen LogP contribution in [0, 0.1) is 0 Å². The van der Waals surface area contributed by atoms with Crippen LogP contribution in [0.5, 0.6) is 0 Å². The summed E-state index contributed by atoms with van der Waals surface area (Å²) in [5.74, 6) is -0.288. The molecule has 1 saturated heterocycles. The molecule has 2 N–H and O–H groups in total. The van der Waals surface area contributed by atoms with E-state index < -0.39 is 0 Å². The van der Waals surface area contributed by atoms with Crippen molar-refractivity contribution in [1.82, 2.24) is 10.2 Å². The zero-order valence-electron chi connectivity index (χ0n) is 12.4. The largest absolute Gasteiger partial charge is 0.343 e. The second-order valence-corrected chi connectivity index (χ2v) is 5.69. The number of nitrogens with zero attached hydrogens (tertiary/aromatic N) is 1. The lowest BCUT2D eigenvalue weighted by molar-refractivity contribution is -0.129. The van der Waals surface area contributed by atoms with E-state index in [-0.39, 0.29) is 24.3 Å². The molecule has 0 aliphatic carbocycles. The zero-order chi connectivity index (χ0) is 15.5. The third kappa shape index (κ3) is 3.10. The lowest BCUT2D eigenvalue weighted by Gasteiger charge is -2.18. The Bertz CT molecular complexity index is 621. The number of amides is 3. The maximum absolute atomic E-state index is 12.1. The predicted molar refractivity (Wildman–Crippen MR) is 81.5 cm³/mol. The molecule has 2 aliphatic heterocycles. The number of nitrogens with one attached hydrogen (secondary N) is 2. The molecule has 1 fully saturated rings. The minimum absolute atomic E-state index is 0.000844. The van der Waals surface area contributed by atoms with Crippen LogP contribution in [0.1, 0.15) is 35.2 Å². The number of hydrogen-bond acceptors (Lipinski definition) is 3. The van der Waals surface area contributed by atoms with Crippen LogP contribution in [0.3, 0.4) is 0 Å². The number of anilines is 1. The lowest BCUT2D eigenvalue weighted by atomic mass is 10.00. The van der Waals surface area contributed by atoms with Gasteiger partial charge in [-0.3, -0.25) is 14.4 Å². The fourth-order valence-corrected chi connectivity index (χ4v) is 2.86. The van der Waals surface area contributed by atoms with Crippen molar-refractivity contribution in [2.45, 2.75) is 25.7 Å². The normalized spacial score (nSPS) is 16.9. The third-order valence-electron chi connectivity index (χ3n) is 4.12. The van der Waals surface area contributed by atoms with E-state index in [2.05, 4.69) is 10.6 Å². The Balaban J connectivity index is 1.60. The van der Waals surface area contributed by atoms with E-state index in [4.69, 9.17) is 0 Å². The average Bonchev–Trinajstić information content (AvgIpc) is 3.06. The van der Waals surface area contributed by atoms with Gasteiger partial charge in [0, 0.05) is 30.8 Å². The van der Waals surface area contributed by atoms with Gasteiger partial charge in [0.05, 0.1) is 6.54 Å². The third-order valence-corrected chi connectivity index (χ3v) is 4.12. The predicted octanol–water partition coefficient (Wildman–Crippen LogP) is 0.923. The molecule has 0 aromatic heterocycles. The summed E-state index contributed by atoms with van der Waals surface area (Å²) in [6.45, 7) is 1.60. The molecular weight excluding hydrogens is 282 g/mol. The number of likely N-dealkylation sites (tertiary alicyclic amines) is 1. The Labute approximate surface area is 128 Å². The van der Waals surface area contributed by atoms with Crippen LogP contribution in [0.2, 0.25) is 0 Å². The summed E-state index contributed by atoms with van der Waals surface area (Å²) in [6, 6.07) is 5.19. The van der Waals surface area contributed by atoms with Gasteiger partial charge < -0.3 is 15.5 Å². The van der Waals surface area contributed by atoms with Gasteiger partial charge in [-0.1, -0.05) is 0 Å². The molecule has 2 aliphatic rings. The molecule has 0 atom stereocenters. The maximum Gasteiger partial charge on any atom is 0.251 e. The molecule has 116 valence electrons. The van der Waals surface area contributed by atoms with Gasteiger partial charge in [0.2, 0.25) is 11.8 Å². The van der Waals surface area contributed by atoms with Crippen molar-refractivity contribution in [1.29, 1.82) is 0 Å². The van der Waals surface area contributed by atoms with Gasteiger partial charge in [-0.25, -0.2) is 0 Å². The highest BCUT2D eigenvalue weighted by Gasteiger charge is 2.20. The van der Waals surface area contributed by atoms with E-state index >= 15 is 0 Å². The van der Waals surface area contributed by atoms with Crippen LogP contribution in [0.15, 0.2) is 18.2 Å². The van der Waals surface area contributed by atoms with Crippen LogP contribution in [-0.4, -0.2) is 42.3 Å². The fourth-order valence-electron chi connectivity index (χ4n) is 2.86. The first kappa shape index (κ1) is 14.6. The molecular formula is C16H19N3O3. The van der Waals surface area contributed by atoms with Crippen LogP contribution < -0.4 is 10.6 Å². The van der Waals surface area contributed by atoms with Crippen molar-refractivity contribution in [2.24, 2.45) is 0 Å². The number of benzene rings is 1. The van der Waals surface area contributed by atoms with E-state index in [1.807, 2.05) is 0 Å². The summed E-state index contributed by atoms with van der Waals surface area (Å²) in [4.78, 5) is 37.2. The Hall–Kier alpha value is -2.37. The zero-order valence-corrected chi connectivity index (χ0v) is 12.4. The van der Waals surface area contributed by atoms with Gasteiger partial charge in [-0.2, -0.15) is 0 Å². The maximum atomic E-state index is 12.1. The highest BCUT2D eigenvalue weighted by molar-refractivity contribution is 5.99. The first-order valence-electron chi connectivity index (χ1n) is 7.62. The molecule has 0 unspecified atom stereocenters. The Kier molecular flexibility index (Phi) is 4.09. The number of carbonyl (C=O) groups is 3. The average molecular weight is 301 g/mol. The number of hydrogen-bond donors (Lipinski definition) is 2. The fraction of sp³-hybridized carbons (Fsp3) is 0.438. The van der Waals surface area contributed by atoms with Crippen molar-refractivity contribution in [3.63, 3.8) is 0 Å². The van der Waals surface area contributed by atoms with Crippen molar-refractivity contribution < 1.29 is 14.4 Å². The van der Waals surface area contributed by atoms with Gasteiger partial charge in [-0.05, 0) is 43.0 Å². The van der Waals surface area contributed by atoms with E-state index in [0.29, 0.717) is 18.4 Å². The van der Waals surface area contributed by atoms with E-state index in [1.54, 1.807) is 23.1 Å². The molecule has 22 heavy (non-hydrogen) atoms. The highest BCUT2D eigenvalue weighted by atomic mass is 16.2. The van der Waals surface area contributed by atoms with Crippen molar-refractivity contribution >= 4 is 23.4 Å². The van der Waals surface area contributed by atoms with Gasteiger partial charge in [0.25, 0.3) is 5.91 Å². The standard InChI is InChI=1S/C16H19N3O3/c20-14-6-4-11-9-12(3-5-13(11)18-14)16(22)17-10-15(21)19-7-1-2-8-19/h3,5,9H,1-2,4,6-8,10H2,(H,17,22)(H,18,20). The lowest BCUT2D eigenvalue weighted by Crippen LogP contribution is -2.38. The summed E-state index contributed by atoms with van der Waals surface area (Å²) in [5.41, 5.74) is 2.24. The van der Waals surface area contributed by atoms with Crippen molar-refractivity contribution in [2.75, 3.05) is 25.0 Å². The minimum atomic E-state index is -0.257. The van der Waals surface area contributed by atoms with Gasteiger partial charge in [0.1, 0.15) is 0 Å². The summed E-state index contributed by atoms with van der Waals surface area (Å²) in [7, 11) is 0. The first-order chi connectivity index (χ1) is 10.6. The van der Waals surface area contributed by atoms with E-state index in [0.717, 1.165) is 37.2 Å². The minimum Gasteiger partial charge on any atom is -0.343 e. The number of carbonyl (C=O) groups excluding carboxylic acids is 3. The quantitative estimate of drug-likeness (QED) is 0.871. The monoisotopic (exact) mass is 301 g/mol. The Morgan fingerprint density at radius 1 is 1.18 bits per heavy atom. The molecule has 0 spiro atoms. The summed E-state index contributed by atoms with van der Waals surface area (Å²) in [5, 5.41) is 5.46. The second-order valence-electron chi connectivity index (χ2n) is 5.69. The molecule has 6 nitrogen and oxygen atoms in total. The van der Waals surface area contributed by atoms with Crippen molar-refractivity contribution in [3.05, 3.63) is 29.3 Å². The molecule has 3 amide bonds. The topological polar surface area (TPSA) is 78.5 Å². The SMILES string of the molecule is O=C1CCc2cc(C(=O)NCC(=O)N3CCCC3)ccc2N1. The summed E-state index contributed by atoms with van der Waals surface area (Å²) >= 11 is 0. The molecule has 0 radical (unpaired) electrons. The van der Waals surface area contributed by atoms with Gasteiger partial charge >= 0.3 is 0 Å². The van der Waals surface area contributed by atoms with Crippen LogP contribution >= 0.6 is 0 Å². The second kappa shape index (κ2) is 6.17. The van der Waals surface area contributed by atoms with Crippen LogP contribution in [0.25, 0.3) is 0 Å². The molecule has 1 aromatic rings. The molecule has 6 heteroatoms. The smallest absolute Gasteiger partial charge is 0.251 e. The number of aryl methyl sites for hydroxylation is 1. The van der Waals surface area contributed by atoms with Gasteiger partial charge in [0.15, 0.2) is 0 Å². The molecule has 2 heterocycles. The highest BCUT2D eigenvalue weighted by Crippen LogP contribution is 2.23. The first-order valence-corrected chi connectivity index (χ1v) is 7.62. The Morgan fingerprint density at radius 3 is 2.73 bits per heavy atom. The number of fused-ring (bicyclic) bond motifs is 1. The molecule has 3 rings (SSSR count).